The van der Waals surface area contributed by atoms with Crippen LogP contribution in [0.5, 0.6) is 5.75 Å². The largest absolute Gasteiger partial charge is 0.496 e. The maximum Gasteiger partial charge on any atom is 0.390 e. The highest BCUT2D eigenvalue weighted by Gasteiger charge is 2.25. The summed E-state index contributed by atoms with van der Waals surface area (Å²) in [6.07, 6.45) is -4.92. The highest BCUT2D eigenvalue weighted by Crippen LogP contribution is 2.25. The van der Waals surface area contributed by atoms with Crippen molar-refractivity contribution in [2.24, 2.45) is 0 Å². The highest BCUT2D eigenvalue weighted by molar-refractivity contribution is 9.10. The van der Waals surface area contributed by atoms with Crippen LogP contribution in [0.25, 0.3) is 0 Å². The second-order valence-electron chi connectivity index (χ2n) is 3.51. The van der Waals surface area contributed by atoms with Crippen LogP contribution in [0.3, 0.4) is 0 Å². The molecule has 0 amide bonds. The average molecular weight is 312 g/mol. The molecule has 0 aromatic heterocycles. The Labute approximate surface area is 106 Å². The molecule has 0 aliphatic carbocycles. The molecule has 0 fully saturated rings. The maximum atomic E-state index is 11.9. The van der Waals surface area contributed by atoms with Crippen molar-refractivity contribution in [1.82, 2.24) is 5.32 Å². The fourth-order valence-electron chi connectivity index (χ4n) is 1.28. The van der Waals surface area contributed by atoms with E-state index in [0.717, 1.165) is 10.0 Å². The van der Waals surface area contributed by atoms with E-state index in [4.69, 9.17) is 4.74 Å². The fourth-order valence-corrected chi connectivity index (χ4v) is 1.87. The van der Waals surface area contributed by atoms with Crippen molar-refractivity contribution in [3.8, 4) is 5.75 Å². The summed E-state index contributed by atoms with van der Waals surface area (Å²) in [5.41, 5.74) is 0.903. The molecule has 1 N–H and O–H groups in total. The third-order valence-corrected chi connectivity index (χ3v) is 2.75. The number of benzene rings is 1. The van der Waals surface area contributed by atoms with E-state index in [-0.39, 0.29) is 6.54 Å². The lowest BCUT2D eigenvalue weighted by Gasteiger charge is -2.09. The zero-order chi connectivity index (χ0) is 12.9. The van der Waals surface area contributed by atoms with E-state index in [1.165, 1.54) is 0 Å². The van der Waals surface area contributed by atoms with Crippen molar-refractivity contribution in [1.29, 1.82) is 0 Å². The molecule has 0 radical (unpaired) electrons. The Balaban J connectivity index is 2.40. The van der Waals surface area contributed by atoms with Gasteiger partial charge in [0.05, 0.1) is 18.0 Å². The number of rotatable bonds is 5. The van der Waals surface area contributed by atoms with Gasteiger partial charge in [-0.15, -0.1) is 0 Å². The lowest BCUT2D eigenvalue weighted by atomic mass is 10.2. The van der Waals surface area contributed by atoms with Crippen LogP contribution in [0.2, 0.25) is 0 Å². The van der Waals surface area contributed by atoms with Gasteiger partial charge in [0.1, 0.15) is 5.75 Å². The summed E-state index contributed by atoms with van der Waals surface area (Å²) in [6, 6.07) is 5.40. The fraction of sp³-hybridized carbons (Fsp3) is 0.455. The standard InChI is InChI=1S/C11H13BrF3NO/c1-17-10-3-2-8(6-9(10)12)7-16-5-4-11(13,14)15/h2-3,6,16H,4-5,7H2,1H3. The summed E-state index contributed by atoms with van der Waals surface area (Å²) in [5, 5.41) is 2.74. The molecule has 1 rings (SSSR count). The van der Waals surface area contributed by atoms with Gasteiger partial charge in [0.2, 0.25) is 0 Å². The van der Waals surface area contributed by atoms with Crippen LogP contribution in [-0.4, -0.2) is 19.8 Å². The van der Waals surface area contributed by atoms with Gasteiger partial charge in [-0.25, -0.2) is 0 Å². The lowest BCUT2D eigenvalue weighted by Crippen LogP contribution is -2.21. The first-order valence-electron chi connectivity index (χ1n) is 5.02. The predicted octanol–water partition coefficient (Wildman–Crippen LogP) is 3.50. The van der Waals surface area contributed by atoms with Crippen LogP contribution in [0.1, 0.15) is 12.0 Å². The van der Waals surface area contributed by atoms with Crippen LogP contribution in [0.15, 0.2) is 22.7 Å². The first kappa shape index (κ1) is 14.3. The Morgan fingerprint density at radius 1 is 1.35 bits per heavy atom. The van der Waals surface area contributed by atoms with Gasteiger partial charge in [-0.3, -0.25) is 0 Å². The van der Waals surface area contributed by atoms with Gasteiger partial charge in [0, 0.05) is 13.1 Å². The first-order chi connectivity index (χ1) is 7.92. The summed E-state index contributed by atoms with van der Waals surface area (Å²) in [7, 11) is 1.56. The highest BCUT2D eigenvalue weighted by atomic mass is 79.9. The molecule has 0 unspecified atom stereocenters. The van der Waals surface area contributed by atoms with Gasteiger partial charge >= 0.3 is 6.18 Å². The molecule has 1 aromatic rings. The molecule has 0 aliphatic heterocycles. The van der Waals surface area contributed by atoms with Gasteiger partial charge in [0.15, 0.2) is 0 Å². The van der Waals surface area contributed by atoms with Gasteiger partial charge in [-0.05, 0) is 33.6 Å². The number of ether oxygens (including phenoxy) is 1. The number of nitrogens with one attached hydrogen (secondary N) is 1. The Bertz CT molecular complexity index is 368. The molecular formula is C11H13BrF3NO. The molecule has 0 saturated carbocycles. The molecule has 0 heterocycles. The molecule has 0 aliphatic rings. The minimum absolute atomic E-state index is 0.0762. The summed E-state index contributed by atoms with van der Waals surface area (Å²) in [5.74, 6) is 0.698. The van der Waals surface area contributed by atoms with E-state index in [0.29, 0.717) is 12.3 Å². The zero-order valence-corrected chi connectivity index (χ0v) is 10.9. The second-order valence-corrected chi connectivity index (χ2v) is 4.37. The third-order valence-electron chi connectivity index (χ3n) is 2.13. The zero-order valence-electron chi connectivity index (χ0n) is 9.27. The van der Waals surface area contributed by atoms with Gasteiger partial charge < -0.3 is 10.1 Å². The molecule has 0 spiro atoms. The molecule has 17 heavy (non-hydrogen) atoms. The van der Waals surface area contributed by atoms with Crippen LogP contribution < -0.4 is 10.1 Å². The third kappa shape index (κ3) is 5.41. The molecule has 0 atom stereocenters. The molecule has 96 valence electrons. The Morgan fingerprint density at radius 2 is 2.06 bits per heavy atom. The molecule has 0 saturated heterocycles. The summed E-state index contributed by atoms with van der Waals surface area (Å²) in [4.78, 5) is 0. The van der Waals surface area contributed by atoms with Crippen molar-refractivity contribution in [2.75, 3.05) is 13.7 Å². The van der Waals surface area contributed by atoms with Crippen molar-refractivity contribution < 1.29 is 17.9 Å². The Hall–Kier alpha value is -0.750. The van der Waals surface area contributed by atoms with E-state index in [1.54, 1.807) is 13.2 Å². The lowest BCUT2D eigenvalue weighted by molar-refractivity contribution is -0.133. The summed E-state index contributed by atoms with van der Waals surface area (Å²) >= 11 is 3.32. The van der Waals surface area contributed by atoms with E-state index in [9.17, 15) is 13.2 Å². The monoisotopic (exact) mass is 311 g/mol. The van der Waals surface area contributed by atoms with Crippen molar-refractivity contribution >= 4 is 15.9 Å². The Kier molecular flexibility index (Phi) is 5.27. The van der Waals surface area contributed by atoms with Gasteiger partial charge in [-0.2, -0.15) is 13.2 Å². The number of hydrogen-bond acceptors (Lipinski definition) is 2. The first-order valence-corrected chi connectivity index (χ1v) is 5.81. The smallest absolute Gasteiger partial charge is 0.390 e. The molecule has 1 aromatic carbocycles. The number of alkyl halides is 3. The van der Waals surface area contributed by atoms with E-state index in [2.05, 4.69) is 21.2 Å². The van der Waals surface area contributed by atoms with Gasteiger partial charge in [0.25, 0.3) is 0 Å². The van der Waals surface area contributed by atoms with Gasteiger partial charge in [-0.1, -0.05) is 6.07 Å². The molecule has 2 nitrogen and oxygen atoms in total. The number of hydrogen-bond donors (Lipinski definition) is 1. The van der Waals surface area contributed by atoms with Crippen molar-refractivity contribution in [2.45, 2.75) is 19.1 Å². The van der Waals surface area contributed by atoms with Crippen molar-refractivity contribution in [3.63, 3.8) is 0 Å². The summed E-state index contributed by atoms with van der Waals surface area (Å²) < 4.78 is 41.5. The van der Waals surface area contributed by atoms with Crippen LogP contribution >= 0.6 is 15.9 Å². The average Bonchev–Trinajstić information content (AvgIpc) is 2.23. The quantitative estimate of drug-likeness (QED) is 0.840. The normalized spacial score (nSPS) is 11.6. The Morgan fingerprint density at radius 3 is 2.59 bits per heavy atom. The number of halogens is 4. The van der Waals surface area contributed by atoms with Crippen LogP contribution in [0.4, 0.5) is 13.2 Å². The van der Waals surface area contributed by atoms with E-state index < -0.39 is 12.6 Å². The predicted molar refractivity (Wildman–Crippen MR) is 63.1 cm³/mol. The van der Waals surface area contributed by atoms with E-state index >= 15 is 0 Å². The van der Waals surface area contributed by atoms with Crippen LogP contribution in [0, 0.1) is 0 Å². The number of methoxy groups -OCH3 is 1. The topological polar surface area (TPSA) is 21.3 Å². The maximum absolute atomic E-state index is 11.9. The SMILES string of the molecule is COc1ccc(CNCCC(F)(F)F)cc1Br. The van der Waals surface area contributed by atoms with E-state index in [1.807, 2.05) is 12.1 Å². The minimum Gasteiger partial charge on any atom is -0.496 e. The summed E-state index contributed by atoms with van der Waals surface area (Å²) in [6.45, 7) is 0.325. The van der Waals surface area contributed by atoms with Crippen molar-refractivity contribution in [3.05, 3.63) is 28.2 Å². The minimum atomic E-state index is -4.10. The molecule has 0 bridgehead atoms. The molecule has 6 heteroatoms. The molecular weight excluding hydrogens is 299 g/mol. The van der Waals surface area contributed by atoms with Crippen LogP contribution in [-0.2, 0) is 6.54 Å². The second kappa shape index (κ2) is 6.26.